The molecule has 0 unspecified atom stereocenters. The molecule has 0 atom stereocenters. The van der Waals surface area contributed by atoms with E-state index in [0.717, 1.165) is 24.3 Å². The van der Waals surface area contributed by atoms with Gasteiger partial charge < -0.3 is 10.6 Å². The number of benzene rings is 1. The van der Waals surface area contributed by atoms with Crippen LogP contribution in [0, 0.1) is 0 Å². The Labute approximate surface area is 125 Å². The van der Waals surface area contributed by atoms with Crippen molar-refractivity contribution < 1.29 is 0 Å². The van der Waals surface area contributed by atoms with Crippen LogP contribution in [0.15, 0.2) is 47.7 Å². The highest BCUT2D eigenvalue weighted by Crippen LogP contribution is 2.11. The van der Waals surface area contributed by atoms with Crippen molar-refractivity contribution in [2.75, 3.05) is 13.1 Å². The van der Waals surface area contributed by atoms with E-state index >= 15 is 0 Å². The summed E-state index contributed by atoms with van der Waals surface area (Å²) in [6.45, 7) is 2.70. The third kappa shape index (κ3) is 3.42. The van der Waals surface area contributed by atoms with Gasteiger partial charge >= 0.3 is 0 Å². The van der Waals surface area contributed by atoms with Crippen molar-refractivity contribution in [2.24, 2.45) is 10.7 Å². The van der Waals surface area contributed by atoms with Crippen molar-refractivity contribution in [1.82, 2.24) is 14.7 Å². The summed E-state index contributed by atoms with van der Waals surface area (Å²) in [5.41, 5.74) is 8.28. The highest BCUT2D eigenvalue weighted by Gasteiger charge is 2.11. The van der Waals surface area contributed by atoms with Gasteiger partial charge in [0, 0.05) is 25.5 Å². The average Bonchev–Trinajstić information content (AvgIpc) is 3.08. The number of rotatable bonds is 3. The lowest BCUT2D eigenvalue weighted by Crippen LogP contribution is -2.40. The molecule has 0 saturated carbocycles. The number of hydrogen-bond acceptors (Lipinski definition) is 2. The zero-order valence-corrected chi connectivity index (χ0v) is 12.2. The van der Waals surface area contributed by atoms with Crippen LogP contribution >= 0.6 is 0 Å². The van der Waals surface area contributed by atoms with E-state index in [1.165, 1.54) is 19.3 Å². The van der Waals surface area contributed by atoms with Gasteiger partial charge in [0.2, 0.25) is 0 Å². The molecule has 1 aliphatic rings. The molecule has 1 saturated heterocycles. The second-order valence-electron chi connectivity index (χ2n) is 5.34. The topological polar surface area (TPSA) is 59.4 Å². The van der Waals surface area contributed by atoms with Crippen LogP contribution in [0.3, 0.4) is 0 Å². The van der Waals surface area contributed by atoms with Crippen molar-refractivity contribution in [2.45, 2.75) is 25.8 Å². The van der Waals surface area contributed by atoms with Crippen molar-refractivity contribution in [3.05, 3.63) is 48.3 Å². The molecule has 1 aromatic heterocycles. The van der Waals surface area contributed by atoms with Crippen LogP contribution in [0.5, 0.6) is 0 Å². The van der Waals surface area contributed by atoms with Crippen molar-refractivity contribution in [3.8, 4) is 5.69 Å². The number of aromatic nitrogens is 2. The van der Waals surface area contributed by atoms with Gasteiger partial charge in [-0.15, -0.1) is 0 Å². The highest BCUT2D eigenvalue weighted by molar-refractivity contribution is 5.78. The molecule has 2 heterocycles. The third-order valence-electron chi connectivity index (χ3n) is 3.81. The first-order valence-electron chi connectivity index (χ1n) is 7.47. The molecule has 0 bridgehead atoms. The minimum absolute atomic E-state index is 0.627. The fourth-order valence-electron chi connectivity index (χ4n) is 2.57. The van der Waals surface area contributed by atoms with E-state index in [0.29, 0.717) is 12.5 Å². The van der Waals surface area contributed by atoms with Crippen LogP contribution in [0.4, 0.5) is 0 Å². The second kappa shape index (κ2) is 6.43. The van der Waals surface area contributed by atoms with Crippen LogP contribution < -0.4 is 5.73 Å². The maximum absolute atomic E-state index is 6.07. The predicted molar refractivity (Wildman–Crippen MR) is 84.3 cm³/mol. The summed E-state index contributed by atoms with van der Waals surface area (Å²) in [6.07, 6.45) is 7.45. The highest BCUT2D eigenvalue weighted by atomic mass is 15.3. The van der Waals surface area contributed by atoms with Gasteiger partial charge in [0.15, 0.2) is 5.96 Å². The minimum Gasteiger partial charge on any atom is -0.370 e. The molecule has 0 amide bonds. The Morgan fingerprint density at radius 1 is 1.14 bits per heavy atom. The fraction of sp³-hybridized carbons (Fsp3) is 0.375. The molecule has 2 aromatic rings. The minimum atomic E-state index is 0.627. The number of hydrogen-bond donors (Lipinski definition) is 1. The molecule has 3 rings (SSSR count). The molecule has 1 aliphatic heterocycles. The maximum Gasteiger partial charge on any atom is 0.191 e. The third-order valence-corrected chi connectivity index (χ3v) is 3.81. The van der Waals surface area contributed by atoms with E-state index in [9.17, 15) is 0 Å². The predicted octanol–water partition coefficient (Wildman–Crippen LogP) is 2.17. The van der Waals surface area contributed by atoms with Crippen LogP contribution in [0.1, 0.15) is 24.8 Å². The summed E-state index contributed by atoms with van der Waals surface area (Å²) in [6, 6.07) is 10.2. The summed E-state index contributed by atoms with van der Waals surface area (Å²) in [5.74, 6) is 0.672. The van der Waals surface area contributed by atoms with Gasteiger partial charge in [-0.1, -0.05) is 12.1 Å². The quantitative estimate of drug-likeness (QED) is 0.694. The Morgan fingerprint density at radius 3 is 2.57 bits per heavy atom. The zero-order chi connectivity index (χ0) is 14.5. The lowest BCUT2D eigenvalue weighted by Gasteiger charge is -2.27. The molecule has 1 aromatic carbocycles. The zero-order valence-electron chi connectivity index (χ0n) is 12.2. The Kier molecular flexibility index (Phi) is 4.19. The smallest absolute Gasteiger partial charge is 0.191 e. The van der Waals surface area contributed by atoms with E-state index < -0.39 is 0 Å². The average molecular weight is 283 g/mol. The van der Waals surface area contributed by atoms with Crippen molar-refractivity contribution >= 4 is 5.96 Å². The Hall–Kier alpha value is -2.30. The molecule has 5 heteroatoms. The first kappa shape index (κ1) is 13.7. The first-order valence-corrected chi connectivity index (χ1v) is 7.47. The van der Waals surface area contributed by atoms with E-state index in [1.807, 2.05) is 16.9 Å². The monoisotopic (exact) mass is 283 g/mol. The number of nitrogens with zero attached hydrogens (tertiary/aromatic N) is 4. The summed E-state index contributed by atoms with van der Waals surface area (Å²) >= 11 is 0. The summed E-state index contributed by atoms with van der Waals surface area (Å²) in [5, 5.41) is 4.21. The second-order valence-corrected chi connectivity index (χ2v) is 5.34. The first-order chi connectivity index (χ1) is 10.3. The molecule has 21 heavy (non-hydrogen) atoms. The molecule has 2 N–H and O–H groups in total. The SMILES string of the molecule is NC(=NCc1ccc(-n2cccn2)cc1)N1CCCCC1. The molecular formula is C16H21N5. The number of likely N-dealkylation sites (tertiary alicyclic amines) is 1. The van der Waals surface area contributed by atoms with E-state index in [-0.39, 0.29) is 0 Å². The van der Waals surface area contributed by atoms with Crippen LogP contribution in [-0.4, -0.2) is 33.7 Å². The summed E-state index contributed by atoms with van der Waals surface area (Å²) in [7, 11) is 0. The summed E-state index contributed by atoms with van der Waals surface area (Å²) < 4.78 is 1.84. The molecule has 110 valence electrons. The van der Waals surface area contributed by atoms with Crippen LogP contribution in [0.2, 0.25) is 0 Å². The van der Waals surface area contributed by atoms with Gasteiger partial charge in [0.1, 0.15) is 0 Å². The number of aliphatic imine (C=N–C) groups is 1. The van der Waals surface area contributed by atoms with Gasteiger partial charge in [-0.25, -0.2) is 9.67 Å². The van der Waals surface area contributed by atoms with Gasteiger partial charge in [0.25, 0.3) is 0 Å². The molecule has 0 radical (unpaired) electrons. The maximum atomic E-state index is 6.07. The van der Waals surface area contributed by atoms with Crippen molar-refractivity contribution in [1.29, 1.82) is 0 Å². The van der Waals surface area contributed by atoms with Crippen LogP contribution in [-0.2, 0) is 6.54 Å². The lowest BCUT2D eigenvalue weighted by atomic mass is 10.1. The Bertz CT molecular complexity index is 580. The van der Waals surface area contributed by atoms with Gasteiger partial charge in [-0.05, 0) is 43.0 Å². The number of guanidine groups is 1. The van der Waals surface area contributed by atoms with Gasteiger partial charge in [-0.2, -0.15) is 5.10 Å². The molecular weight excluding hydrogens is 262 g/mol. The van der Waals surface area contributed by atoms with Crippen molar-refractivity contribution in [3.63, 3.8) is 0 Å². The van der Waals surface area contributed by atoms with Gasteiger partial charge in [-0.3, -0.25) is 0 Å². The largest absolute Gasteiger partial charge is 0.370 e. The molecule has 0 aliphatic carbocycles. The number of nitrogens with two attached hydrogens (primary N) is 1. The number of piperidine rings is 1. The standard InChI is InChI=1S/C16H21N5/c17-16(20-10-2-1-3-11-20)18-13-14-5-7-15(8-6-14)21-12-4-9-19-21/h4-9,12H,1-3,10-11,13H2,(H2,17,18). The van der Waals surface area contributed by atoms with E-state index in [1.54, 1.807) is 6.20 Å². The van der Waals surface area contributed by atoms with Gasteiger partial charge in [0.05, 0.1) is 12.2 Å². The van der Waals surface area contributed by atoms with Crippen LogP contribution in [0.25, 0.3) is 5.69 Å². The molecule has 0 spiro atoms. The Balaban J connectivity index is 1.62. The normalized spacial score (nSPS) is 16.2. The molecule has 5 nitrogen and oxygen atoms in total. The van der Waals surface area contributed by atoms with E-state index in [2.05, 4.69) is 39.3 Å². The fourth-order valence-corrected chi connectivity index (χ4v) is 2.57. The molecule has 1 fully saturated rings. The lowest BCUT2D eigenvalue weighted by molar-refractivity contribution is 0.338. The Morgan fingerprint density at radius 2 is 1.90 bits per heavy atom. The van der Waals surface area contributed by atoms with E-state index in [4.69, 9.17) is 5.73 Å². The summed E-state index contributed by atoms with van der Waals surface area (Å²) in [4.78, 5) is 6.69.